The predicted molar refractivity (Wildman–Crippen MR) is 288 cm³/mol. The van der Waals surface area contributed by atoms with E-state index in [1.54, 1.807) is 52.0 Å². The van der Waals surface area contributed by atoms with Crippen molar-refractivity contribution >= 4 is 70.8 Å². The Morgan fingerprint density at radius 1 is 0.835 bits per heavy atom. The molecule has 2 aromatic carbocycles. The molecule has 22 heteroatoms. The van der Waals surface area contributed by atoms with Gasteiger partial charge in [0.2, 0.25) is 35.4 Å². The summed E-state index contributed by atoms with van der Waals surface area (Å²) in [4.78, 5) is 136. The summed E-state index contributed by atoms with van der Waals surface area (Å²) < 4.78 is 17.8. The molecular formula is C57H76ClN7O14. The number of imide groups is 1. The highest BCUT2D eigenvalue weighted by molar-refractivity contribution is 6.32. The highest BCUT2D eigenvalue weighted by Gasteiger charge is 2.50. The van der Waals surface area contributed by atoms with Gasteiger partial charge in [0.05, 0.1) is 23.7 Å². The summed E-state index contributed by atoms with van der Waals surface area (Å²) in [5, 5.41) is 17.8. The molecular weight excluding hydrogens is 1040 g/mol. The molecule has 3 fully saturated rings. The van der Waals surface area contributed by atoms with Gasteiger partial charge >= 0.3 is 11.9 Å². The largest absolute Gasteiger partial charge is 0.495 e. The fourth-order valence-electron chi connectivity index (χ4n) is 9.67. The summed E-state index contributed by atoms with van der Waals surface area (Å²) >= 11 is 6.45. The Morgan fingerprint density at radius 2 is 1.51 bits per heavy atom. The van der Waals surface area contributed by atoms with Gasteiger partial charge < -0.3 is 50.9 Å². The number of carbonyl (C=O) groups is 10. The molecule has 1 saturated carbocycles. The quantitative estimate of drug-likeness (QED) is 0.0570. The summed E-state index contributed by atoms with van der Waals surface area (Å²) in [5.74, 6) is -6.00. The molecule has 8 amide bonds. The number of hydrogen-bond acceptors (Lipinski definition) is 14. The van der Waals surface area contributed by atoms with Gasteiger partial charge in [-0.1, -0.05) is 82.6 Å². The first-order valence-electron chi connectivity index (χ1n) is 27.2. The summed E-state index contributed by atoms with van der Waals surface area (Å²) in [6, 6.07) is 7.90. The Morgan fingerprint density at radius 3 is 2.13 bits per heavy atom. The summed E-state index contributed by atoms with van der Waals surface area (Å²) in [6.07, 6.45) is 2.99. The molecule has 6 rings (SSSR count). The maximum absolute atomic E-state index is 14.3. The van der Waals surface area contributed by atoms with Crippen molar-refractivity contribution in [2.45, 2.75) is 175 Å². The smallest absolute Gasteiger partial charge is 0.333 e. The third-order valence-corrected chi connectivity index (χ3v) is 14.9. The number of amides is 8. The molecule has 430 valence electrons. The molecule has 4 aliphatic rings. The second kappa shape index (κ2) is 27.3. The van der Waals surface area contributed by atoms with E-state index in [1.165, 1.54) is 20.1 Å². The van der Waals surface area contributed by atoms with Gasteiger partial charge in [0.1, 0.15) is 42.1 Å². The molecule has 2 aromatic rings. The van der Waals surface area contributed by atoms with Crippen molar-refractivity contribution < 1.29 is 67.0 Å². The Labute approximate surface area is 466 Å². The summed E-state index contributed by atoms with van der Waals surface area (Å²) in [5.41, 5.74) is 1.09. The molecule has 0 radical (unpaired) electrons. The van der Waals surface area contributed by atoms with Gasteiger partial charge in [-0.3, -0.25) is 38.4 Å². The summed E-state index contributed by atoms with van der Waals surface area (Å²) in [7, 11) is 1.50. The Hall–Kier alpha value is -6.87. The Balaban J connectivity index is 1.06. The van der Waals surface area contributed by atoms with Crippen LogP contribution < -0.4 is 36.6 Å². The third kappa shape index (κ3) is 17.1. The van der Waals surface area contributed by atoms with Crippen molar-refractivity contribution in [1.29, 1.82) is 0 Å². The number of carbonyl (C=O) groups excluding carboxylic acids is 10. The molecule has 0 aromatic heterocycles. The number of hydrogen-bond donors (Lipinski definition) is 6. The van der Waals surface area contributed by atoms with Crippen molar-refractivity contribution in [3.63, 3.8) is 0 Å². The second-order valence-corrected chi connectivity index (χ2v) is 22.7. The van der Waals surface area contributed by atoms with Crippen LogP contribution in [0.15, 0.2) is 54.6 Å². The van der Waals surface area contributed by atoms with Crippen LogP contribution >= 0.6 is 11.6 Å². The van der Waals surface area contributed by atoms with Crippen LogP contribution in [0.2, 0.25) is 5.02 Å². The standard InChI is InChI=1S/C57H76ClN7O14/c1-30(2)26-40-55(74)77-41(12-10-13-43(66)61-39(28-35-18-23-42(76-9)38(58)27-35)53(72)64-51(37-21-22-37)57(7,8)56(75)62-40)32(5)49-50(78-49)36-19-16-34(17-20-36)29-59-52(71)33(6)60-54(73)48(31(3)4)63-44(67)14-11-15-47(70)79-65-45(68)24-25-46(65)69/h10,13,16-20,23,27,30-33,37,39-41,48-51H,11-12,14-15,21-22,24-26,28-29H2,1-9H3,(H,59,71)(H,60,73)(H,61,66)(H,62,75)(H,63,67)(H,64,72)/b13-10-/t32-,33-,39+,40-,41-,48-,49+,50+,51?/m0/s1. The maximum Gasteiger partial charge on any atom is 0.333 e. The van der Waals surface area contributed by atoms with Crippen molar-refractivity contribution in [3.05, 3.63) is 76.3 Å². The minimum atomic E-state index is -1.17. The number of cyclic esters (lactones) is 1. The first-order valence-corrected chi connectivity index (χ1v) is 27.5. The normalized spacial score (nSPS) is 24.3. The van der Waals surface area contributed by atoms with E-state index in [2.05, 4.69) is 31.9 Å². The topological polar surface area (TPSA) is 286 Å². The number of halogens is 1. The molecule has 0 bridgehead atoms. The number of methoxy groups -OCH3 is 1. The average molecular weight is 1120 g/mol. The zero-order valence-corrected chi connectivity index (χ0v) is 47.2. The lowest BCUT2D eigenvalue weighted by atomic mass is 9.80. The molecule has 1 aliphatic carbocycles. The molecule has 9 atom stereocenters. The lowest BCUT2D eigenvalue weighted by molar-refractivity contribution is -0.197. The van der Waals surface area contributed by atoms with Crippen LogP contribution in [0, 0.1) is 29.1 Å². The number of ether oxygens (including phenoxy) is 3. The fraction of sp³-hybridized carbons (Fsp3) is 0.579. The zero-order chi connectivity index (χ0) is 57.9. The SMILES string of the molecule is COc1ccc(C[C@H]2NC(=O)/C=C\C[C@@H]([C@H](C)[C@H]3O[C@@H]3c3ccc(CNC(=O)[C@H](C)NC(=O)[C@@H](NC(=O)CCCC(=O)ON4C(=O)CCC4=O)C(C)C)cc3)OC(=O)[C@H](CC(C)C)NC(=O)C(C)(C)C(C3CC3)NC2=O)cc1Cl. The molecule has 0 spiro atoms. The molecule has 21 nitrogen and oxygen atoms in total. The van der Waals surface area contributed by atoms with Crippen molar-refractivity contribution in [3.8, 4) is 5.75 Å². The minimum absolute atomic E-state index is 0.00294. The van der Waals surface area contributed by atoms with E-state index in [1.807, 2.05) is 45.0 Å². The highest BCUT2D eigenvalue weighted by atomic mass is 35.5. The number of rotatable bonds is 21. The number of nitrogens with zero attached hydrogens (tertiary/aromatic N) is 1. The Bertz CT molecular complexity index is 2620. The van der Waals surface area contributed by atoms with Gasteiger partial charge in [-0.15, -0.1) is 5.06 Å². The number of benzene rings is 2. The highest BCUT2D eigenvalue weighted by Crippen LogP contribution is 2.45. The minimum Gasteiger partial charge on any atom is -0.495 e. The molecule has 6 N–H and O–H groups in total. The fourth-order valence-corrected chi connectivity index (χ4v) is 9.95. The van der Waals surface area contributed by atoms with E-state index in [0.29, 0.717) is 21.4 Å². The van der Waals surface area contributed by atoms with E-state index >= 15 is 0 Å². The number of esters is 1. The van der Waals surface area contributed by atoms with Crippen molar-refractivity contribution in [1.82, 2.24) is 37.0 Å². The van der Waals surface area contributed by atoms with Crippen LogP contribution in [-0.4, -0.2) is 114 Å². The number of nitrogens with one attached hydrogen (secondary N) is 6. The lowest BCUT2D eigenvalue weighted by Gasteiger charge is -2.36. The predicted octanol–water partition coefficient (Wildman–Crippen LogP) is 4.51. The van der Waals surface area contributed by atoms with E-state index in [0.717, 1.165) is 24.0 Å². The number of hydroxylamine groups is 2. The van der Waals surface area contributed by atoms with Crippen LogP contribution in [0.25, 0.3) is 0 Å². The van der Waals surface area contributed by atoms with Crippen LogP contribution in [0.5, 0.6) is 5.75 Å². The van der Waals surface area contributed by atoms with Gasteiger partial charge in [-0.2, -0.15) is 0 Å². The zero-order valence-electron chi connectivity index (χ0n) is 46.4. The van der Waals surface area contributed by atoms with Crippen LogP contribution in [0.4, 0.5) is 0 Å². The van der Waals surface area contributed by atoms with Gasteiger partial charge in [-0.05, 0) is 99.1 Å². The molecule has 79 heavy (non-hydrogen) atoms. The molecule has 2 saturated heterocycles. The third-order valence-electron chi connectivity index (χ3n) is 14.7. The van der Waals surface area contributed by atoms with Crippen LogP contribution in [0.3, 0.4) is 0 Å². The van der Waals surface area contributed by atoms with Crippen molar-refractivity contribution in [2.24, 2.45) is 29.1 Å². The first kappa shape index (κ1) is 61.3. The van der Waals surface area contributed by atoms with Gasteiger partial charge in [0, 0.05) is 57.0 Å². The lowest BCUT2D eigenvalue weighted by Crippen LogP contribution is -2.59. The second-order valence-electron chi connectivity index (χ2n) is 22.3. The first-order chi connectivity index (χ1) is 37.4. The Kier molecular flexibility index (Phi) is 21.2. The van der Waals surface area contributed by atoms with Gasteiger partial charge in [0.15, 0.2) is 0 Å². The van der Waals surface area contributed by atoms with E-state index in [4.69, 9.17) is 30.6 Å². The number of epoxide rings is 1. The molecule has 3 aliphatic heterocycles. The monoisotopic (exact) mass is 1120 g/mol. The van der Waals surface area contributed by atoms with Gasteiger partial charge in [0.25, 0.3) is 11.8 Å². The van der Waals surface area contributed by atoms with E-state index < -0.39 is 113 Å². The van der Waals surface area contributed by atoms with E-state index in [-0.39, 0.29) is 81.8 Å². The maximum atomic E-state index is 14.3. The summed E-state index contributed by atoms with van der Waals surface area (Å²) in [6.45, 7) is 14.4. The molecule has 3 heterocycles. The molecule has 1 unspecified atom stereocenters. The van der Waals surface area contributed by atoms with Gasteiger partial charge in [-0.25, -0.2) is 9.59 Å². The average Bonchev–Trinajstić information content (AvgIpc) is 4.36. The van der Waals surface area contributed by atoms with Crippen LogP contribution in [0.1, 0.15) is 136 Å². The van der Waals surface area contributed by atoms with E-state index in [9.17, 15) is 47.9 Å². The van der Waals surface area contributed by atoms with Crippen LogP contribution in [-0.2, 0) is 75.2 Å². The van der Waals surface area contributed by atoms with Crippen molar-refractivity contribution in [2.75, 3.05) is 7.11 Å².